The predicted molar refractivity (Wildman–Crippen MR) is 92.1 cm³/mol. The lowest BCUT2D eigenvalue weighted by Crippen LogP contribution is -2.32. The summed E-state index contributed by atoms with van der Waals surface area (Å²) in [6, 6.07) is 8.39. The third-order valence-electron chi connectivity index (χ3n) is 4.65. The topological polar surface area (TPSA) is 59.6 Å². The van der Waals surface area contributed by atoms with Gasteiger partial charge in [0.1, 0.15) is 5.75 Å². The second-order valence-corrected chi connectivity index (χ2v) is 6.13. The maximum Gasteiger partial charge on any atom is 0.118 e. The second kappa shape index (κ2) is 7.79. The van der Waals surface area contributed by atoms with Gasteiger partial charge in [0.05, 0.1) is 31.7 Å². The van der Waals surface area contributed by atoms with Crippen molar-refractivity contribution in [1.29, 1.82) is 0 Å². The minimum absolute atomic E-state index is 0.265. The maximum absolute atomic E-state index is 5.54. The van der Waals surface area contributed by atoms with Gasteiger partial charge in [0.2, 0.25) is 0 Å². The lowest BCUT2D eigenvalue weighted by molar-refractivity contribution is 0.106. The molecule has 24 heavy (non-hydrogen) atoms. The molecule has 0 spiro atoms. The Balaban J connectivity index is 1.77. The molecule has 1 aromatic carbocycles. The number of aromatic nitrogens is 2. The van der Waals surface area contributed by atoms with Gasteiger partial charge in [0.25, 0.3) is 0 Å². The molecular weight excluding hydrogens is 306 g/mol. The van der Waals surface area contributed by atoms with Gasteiger partial charge >= 0.3 is 0 Å². The Bertz CT molecular complexity index is 641. The molecule has 130 valence electrons. The molecular formula is C18H25N3O3. The van der Waals surface area contributed by atoms with Crippen LogP contribution >= 0.6 is 0 Å². The molecule has 3 rings (SSSR count). The smallest absolute Gasteiger partial charge is 0.118 e. The molecule has 0 aliphatic carbocycles. The van der Waals surface area contributed by atoms with Gasteiger partial charge in [-0.2, -0.15) is 5.10 Å². The first-order valence-electron chi connectivity index (χ1n) is 8.17. The molecule has 1 aliphatic rings. The molecule has 0 amide bonds. The van der Waals surface area contributed by atoms with E-state index in [0.717, 1.165) is 43.1 Å². The number of hydrogen-bond acceptors (Lipinski definition) is 5. The van der Waals surface area contributed by atoms with Crippen molar-refractivity contribution in [1.82, 2.24) is 15.1 Å². The van der Waals surface area contributed by atoms with Gasteiger partial charge in [-0.3, -0.25) is 10.00 Å². The van der Waals surface area contributed by atoms with Crippen molar-refractivity contribution in [3.8, 4) is 17.0 Å². The van der Waals surface area contributed by atoms with Crippen LogP contribution < -0.4 is 4.74 Å². The summed E-state index contributed by atoms with van der Waals surface area (Å²) >= 11 is 0. The van der Waals surface area contributed by atoms with E-state index in [1.807, 2.05) is 30.5 Å². The van der Waals surface area contributed by atoms with E-state index in [4.69, 9.17) is 14.2 Å². The molecule has 6 heteroatoms. The number of methoxy groups -OCH3 is 3. The number of nitrogens with one attached hydrogen (secondary N) is 1. The van der Waals surface area contributed by atoms with Gasteiger partial charge in [-0.05, 0) is 30.7 Å². The van der Waals surface area contributed by atoms with Gasteiger partial charge in [0.15, 0.2) is 0 Å². The normalized spacial score (nSPS) is 21.3. The quantitative estimate of drug-likeness (QED) is 0.844. The van der Waals surface area contributed by atoms with Gasteiger partial charge in [0, 0.05) is 44.5 Å². The Hall–Kier alpha value is -1.89. The van der Waals surface area contributed by atoms with Gasteiger partial charge in [-0.15, -0.1) is 0 Å². The van der Waals surface area contributed by atoms with Crippen LogP contribution in [-0.4, -0.2) is 61.7 Å². The van der Waals surface area contributed by atoms with Crippen LogP contribution in [0.5, 0.6) is 5.75 Å². The summed E-state index contributed by atoms with van der Waals surface area (Å²) in [6.07, 6.45) is 3.17. The molecule has 6 nitrogen and oxygen atoms in total. The summed E-state index contributed by atoms with van der Waals surface area (Å²) in [7, 11) is 5.20. The Kier molecular flexibility index (Phi) is 5.50. The van der Waals surface area contributed by atoms with Crippen molar-refractivity contribution in [2.24, 2.45) is 0 Å². The SMILES string of the molecule is COC[C@@H]1C[C@H](OC)CN1Cc1cn[nH]c1-c1ccc(OC)cc1. The number of ether oxygens (including phenoxy) is 3. The molecule has 2 aromatic rings. The highest BCUT2D eigenvalue weighted by Crippen LogP contribution is 2.28. The second-order valence-electron chi connectivity index (χ2n) is 6.13. The molecule has 1 aromatic heterocycles. The third-order valence-corrected chi connectivity index (χ3v) is 4.65. The zero-order valence-electron chi connectivity index (χ0n) is 14.5. The van der Waals surface area contributed by atoms with Crippen LogP contribution in [-0.2, 0) is 16.0 Å². The van der Waals surface area contributed by atoms with Crippen LogP contribution in [0.2, 0.25) is 0 Å². The minimum atomic E-state index is 0.265. The van der Waals surface area contributed by atoms with E-state index in [1.54, 1.807) is 21.3 Å². The highest BCUT2D eigenvalue weighted by molar-refractivity contribution is 5.63. The monoisotopic (exact) mass is 331 g/mol. The summed E-state index contributed by atoms with van der Waals surface area (Å²) in [5, 5.41) is 7.37. The summed E-state index contributed by atoms with van der Waals surface area (Å²) in [6.45, 7) is 2.46. The van der Waals surface area contributed by atoms with E-state index in [9.17, 15) is 0 Å². The zero-order valence-corrected chi connectivity index (χ0v) is 14.5. The number of likely N-dealkylation sites (tertiary alicyclic amines) is 1. The lowest BCUT2D eigenvalue weighted by Gasteiger charge is -2.23. The van der Waals surface area contributed by atoms with Gasteiger partial charge in [-0.25, -0.2) is 0 Å². The van der Waals surface area contributed by atoms with Crippen LogP contribution in [0.25, 0.3) is 11.3 Å². The minimum Gasteiger partial charge on any atom is -0.497 e. The molecule has 0 unspecified atom stereocenters. The zero-order chi connectivity index (χ0) is 16.9. The van der Waals surface area contributed by atoms with Crippen LogP contribution in [0.3, 0.4) is 0 Å². The van der Waals surface area contributed by atoms with Crippen molar-refractivity contribution in [2.45, 2.75) is 25.1 Å². The van der Waals surface area contributed by atoms with E-state index in [1.165, 1.54) is 5.56 Å². The number of aromatic amines is 1. The molecule has 1 N–H and O–H groups in total. The molecule has 1 saturated heterocycles. The van der Waals surface area contributed by atoms with E-state index in [2.05, 4.69) is 15.1 Å². The number of benzene rings is 1. The number of nitrogens with zero attached hydrogens (tertiary/aromatic N) is 2. The Morgan fingerprint density at radius 2 is 2.00 bits per heavy atom. The average molecular weight is 331 g/mol. The van der Waals surface area contributed by atoms with Crippen molar-refractivity contribution in [2.75, 3.05) is 34.5 Å². The first-order valence-corrected chi connectivity index (χ1v) is 8.17. The van der Waals surface area contributed by atoms with Crippen LogP contribution in [0, 0.1) is 0 Å². The van der Waals surface area contributed by atoms with Crippen molar-refractivity contribution in [3.05, 3.63) is 36.0 Å². The summed E-state index contributed by atoms with van der Waals surface area (Å²) in [5.41, 5.74) is 3.33. The number of hydrogen-bond donors (Lipinski definition) is 1. The summed E-state index contributed by atoms with van der Waals surface area (Å²) in [4.78, 5) is 2.41. The highest BCUT2D eigenvalue weighted by Gasteiger charge is 2.32. The molecule has 0 bridgehead atoms. The predicted octanol–water partition coefficient (Wildman–Crippen LogP) is 2.32. The standard InChI is InChI=1S/C18H25N3O3/c1-22-12-15-8-17(24-3)11-21(15)10-14-9-19-20-18(14)13-4-6-16(23-2)7-5-13/h4-7,9,15,17H,8,10-12H2,1-3H3,(H,19,20)/t15-,17-/m0/s1. The Labute approximate surface area is 142 Å². The summed E-state index contributed by atoms with van der Waals surface area (Å²) in [5.74, 6) is 0.849. The average Bonchev–Trinajstić information content (AvgIpc) is 3.23. The molecule has 2 atom stereocenters. The van der Waals surface area contributed by atoms with E-state index in [0.29, 0.717) is 6.04 Å². The maximum atomic E-state index is 5.54. The lowest BCUT2D eigenvalue weighted by atomic mass is 10.1. The van der Waals surface area contributed by atoms with Crippen LogP contribution in [0.4, 0.5) is 0 Å². The summed E-state index contributed by atoms with van der Waals surface area (Å²) < 4.78 is 16.1. The molecule has 2 heterocycles. The highest BCUT2D eigenvalue weighted by atomic mass is 16.5. The first kappa shape index (κ1) is 17.0. The van der Waals surface area contributed by atoms with E-state index < -0.39 is 0 Å². The fraction of sp³-hybridized carbons (Fsp3) is 0.500. The fourth-order valence-corrected chi connectivity index (χ4v) is 3.33. The van der Waals surface area contributed by atoms with E-state index in [-0.39, 0.29) is 6.10 Å². The molecule has 0 saturated carbocycles. The van der Waals surface area contributed by atoms with Crippen molar-refractivity contribution >= 4 is 0 Å². The van der Waals surface area contributed by atoms with E-state index >= 15 is 0 Å². The van der Waals surface area contributed by atoms with Crippen molar-refractivity contribution in [3.63, 3.8) is 0 Å². The van der Waals surface area contributed by atoms with Gasteiger partial charge in [-0.1, -0.05) is 0 Å². The van der Waals surface area contributed by atoms with Crippen LogP contribution in [0.15, 0.2) is 30.5 Å². The fourth-order valence-electron chi connectivity index (χ4n) is 3.33. The molecule has 1 fully saturated rings. The Morgan fingerprint density at radius 1 is 1.21 bits per heavy atom. The first-order chi connectivity index (χ1) is 11.7. The number of rotatable bonds is 7. The third kappa shape index (κ3) is 3.61. The van der Waals surface area contributed by atoms with Crippen molar-refractivity contribution < 1.29 is 14.2 Å². The molecule has 1 aliphatic heterocycles. The van der Waals surface area contributed by atoms with Crippen LogP contribution in [0.1, 0.15) is 12.0 Å². The number of H-pyrrole nitrogens is 1. The largest absolute Gasteiger partial charge is 0.497 e. The molecule has 0 radical (unpaired) electrons. The Morgan fingerprint density at radius 3 is 2.67 bits per heavy atom. The van der Waals surface area contributed by atoms with Gasteiger partial charge < -0.3 is 14.2 Å².